The van der Waals surface area contributed by atoms with Gasteiger partial charge in [-0.2, -0.15) is 0 Å². The molecule has 0 spiro atoms. The Morgan fingerprint density at radius 2 is 1.32 bits per heavy atom. The number of aryl methyl sites for hydroxylation is 1. The van der Waals surface area contributed by atoms with Crippen molar-refractivity contribution in [2.45, 2.75) is 73.1 Å². The zero-order chi connectivity index (χ0) is 15.2. The second-order valence-corrected chi connectivity index (χ2v) is 8.31. The molecule has 1 heteroatoms. The maximum atomic E-state index is 10.5. The normalized spacial score (nSPS) is 13.7. The third kappa shape index (κ3) is 2.96. The van der Waals surface area contributed by atoms with E-state index < -0.39 is 0 Å². The van der Waals surface area contributed by atoms with E-state index >= 15 is 0 Å². The lowest BCUT2D eigenvalue weighted by atomic mass is 9.64. The van der Waals surface area contributed by atoms with Crippen LogP contribution in [-0.4, -0.2) is 5.11 Å². The first kappa shape index (κ1) is 16.1. The summed E-state index contributed by atoms with van der Waals surface area (Å²) in [5, 5.41) is 10.5. The van der Waals surface area contributed by atoms with Crippen molar-refractivity contribution < 1.29 is 5.11 Å². The molecule has 1 aromatic carbocycles. The summed E-state index contributed by atoms with van der Waals surface area (Å²) in [6.45, 7) is 19.8. The van der Waals surface area contributed by atoms with E-state index in [2.05, 4.69) is 67.5 Å². The van der Waals surface area contributed by atoms with Crippen LogP contribution in [0.1, 0.15) is 72.1 Å². The molecule has 1 aromatic rings. The first-order valence-corrected chi connectivity index (χ1v) is 7.13. The molecule has 0 aromatic heterocycles. The lowest BCUT2D eigenvalue weighted by Gasteiger charge is -2.40. The predicted octanol–water partition coefficient (Wildman–Crippen LogP) is 5.32. The predicted molar refractivity (Wildman–Crippen MR) is 84.0 cm³/mol. The van der Waals surface area contributed by atoms with Gasteiger partial charge in [0, 0.05) is 5.56 Å². The van der Waals surface area contributed by atoms with Gasteiger partial charge in [-0.05, 0) is 34.3 Å². The Morgan fingerprint density at radius 1 is 0.842 bits per heavy atom. The summed E-state index contributed by atoms with van der Waals surface area (Å²) >= 11 is 0. The molecule has 108 valence electrons. The molecule has 19 heavy (non-hydrogen) atoms. The fourth-order valence-electron chi connectivity index (χ4n) is 2.09. The van der Waals surface area contributed by atoms with E-state index in [0.717, 1.165) is 11.1 Å². The molecule has 0 radical (unpaired) electrons. The van der Waals surface area contributed by atoms with Gasteiger partial charge in [0.1, 0.15) is 5.75 Å². The number of hydrogen-bond donors (Lipinski definition) is 1. The Balaban J connectivity index is 3.57. The Hall–Kier alpha value is -0.980. The number of phenolic OH excluding ortho intramolecular Hbond substituents is 1. The fourth-order valence-corrected chi connectivity index (χ4v) is 2.09. The molecule has 0 amide bonds. The van der Waals surface area contributed by atoms with Crippen molar-refractivity contribution in [1.29, 1.82) is 0 Å². The van der Waals surface area contributed by atoms with Gasteiger partial charge in [-0.15, -0.1) is 0 Å². The van der Waals surface area contributed by atoms with Crippen LogP contribution in [0.3, 0.4) is 0 Å². The minimum Gasteiger partial charge on any atom is -0.507 e. The van der Waals surface area contributed by atoms with E-state index in [1.165, 1.54) is 5.56 Å². The smallest absolute Gasteiger partial charge is 0.122 e. The number of rotatable bonds is 1. The van der Waals surface area contributed by atoms with E-state index in [4.69, 9.17) is 0 Å². The third-order valence-corrected chi connectivity index (χ3v) is 4.71. The molecule has 0 heterocycles. The molecule has 0 atom stereocenters. The van der Waals surface area contributed by atoms with Gasteiger partial charge in [0.05, 0.1) is 0 Å². The molecular weight excluding hydrogens is 232 g/mol. The average Bonchev–Trinajstić information content (AvgIpc) is 2.18. The van der Waals surface area contributed by atoms with Gasteiger partial charge in [0.25, 0.3) is 0 Å². The molecule has 0 aliphatic rings. The summed E-state index contributed by atoms with van der Waals surface area (Å²) in [5.41, 5.74) is 3.43. The van der Waals surface area contributed by atoms with Gasteiger partial charge in [-0.3, -0.25) is 0 Å². The van der Waals surface area contributed by atoms with Crippen molar-refractivity contribution >= 4 is 0 Å². The second-order valence-electron chi connectivity index (χ2n) is 8.31. The van der Waals surface area contributed by atoms with Gasteiger partial charge in [0.15, 0.2) is 0 Å². The highest BCUT2D eigenvalue weighted by atomic mass is 16.3. The summed E-state index contributed by atoms with van der Waals surface area (Å²) in [7, 11) is 0. The second kappa shape index (κ2) is 4.54. The summed E-state index contributed by atoms with van der Waals surface area (Å²) < 4.78 is 0. The van der Waals surface area contributed by atoms with Crippen molar-refractivity contribution in [1.82, 2.24) is 0 Å². The molecule has 1 rings (SSSR count). The Kier molecular flexibility index (Phi) is 3.84. The van der Waals surface area contributed by atoms with Crippen LogP contribution in [0.15, 0.2) is 12.1 Å². The Labute approximate surface area is 119 Å². The van der Waals surface area contributed by atoms with E-state index in [-0.39, 0.29) is 16.2 Å². The van der Waals surface area contributed by atoms with Crippen LogP contribution in [0.25, 0.3) is 0 Å². The summed E-state index contributed by atoms with van der Waals surface area (Å²) in [4.78, 5) is 0. The lowest BCUT2D eigenvalue weighted by Crippen LogP contribution is -2.34. The van der Waals surface area contributed by atoms with Gasteiger partial charge < -0.3 is 5.11 Å². The molecule has 0 aliphatic carbocycles. The van der Waals surface area contributed by atoms with Crippen molar-refractivity contribution in [3.63, 3.8) is 0 Å². The van der Waals surface area contributed by atoms with Crippen LogP contribution in [0.5, 0.6) is 5.75 Å². The number of aromatic hydroxyl groups is 1. The van der Waals surface area contributed by atoms with Crippen molar-refractivity contribution in [3.05, 3.63) is 28.8 Å². The zero-order valence-electron chi connectivity index (χ0n) is 14.1. The molecule has 1 N–H and O–H groups in total. The molecular formula is C18H30O. The van der Waals surface area contributed by atoms with E-state index in [1.807, 2.05) is 6.92 Å². The maximum Gasteiger partial charge on any atom is 0.122 e. The van der Waals surface area contributed by atoms with Crippen LogP contribution in [0, 0.1) is 12.3 Å². The minimum absolute atomic E-state index is 0.0803. The third-order valence-electron chi connectivity index (χ3n) is 4.71. The lowest BCUT2D eigenvalue weighted by molar-refractivity contribution is 0.219. The van der Waals surface area contributed by atoms with Crippen LogP contribution >= 0.6 is 0 Å². The van der Waals surface area contributed by atoms with Crippen LogP contribution in [0.4, 0.5) is 0 Å². The Bertz CT molecular complexity index is 468. The SMILES string of the molecule is Cc1cc(C(C)(C)C)cc(C(C)(C)C(C)(C)C)c1O. The first-order valence-electron chi connectivity index (χ1n) is 7.13. The molecule has 0 saturated carbocycles. The Morgan fingerprint density at radius 3 is 1.68 bits per heavy atom. The molecule has 1 nitrogen and oxygen atoms in total. The highest BCUT2D eigenvalue weighted by Crippen LogP contribution is 2.46. The quantitative estimate of drug-likeness (QED) is 0.726. The average molecular weight is 262 g/mol. The summed E-state index contributed by atoms with van der Waals surface area (Å²) in [6.07, 6.45) is 0. The van der Waals surface area contributed by atoms with Crippen LogP contribution in [0.2, 0.25) is 0 Å². The number of phenols is 1. The molecule has 0 aliphatic heterocycles. The van der Waals surface area contributed by atoms with E-state index in [1.54, 1.807) is 0 Å². The molecule has 0 fully saturated rings. The highest BCUT2D eigenvalue weighted by Gasteiger charge is 2.37. The monoisotopic (exact) mass is 262 g/mol. The van der Waals surface area contributed by atoms with Crippen molar-refractivity contribution in [3.8, 4) is 5.75 Å². The van der Waals surface area contributed by atoms with Gasteiger partial charge in [-0.1, -0.05) is 67.5 Å². The van der Waals surface area contributed by atoms with Gasteiger partial charge >= 0.3 is 0 Å². The standard InChI is InChI=1S/C18H30O/c1-12-10-13(16(2,3)4)11-14(15(12)19)18(8,9)17(5,6)7/h10-11,19H,1-9H3. The number of hydrogen-bond acceptors (Lipinski definition) is 1. The minimum atomic E-state index is -0.0803. The summed E-state index contributed by atoms with van der Waals surface area (Å²) in [5.74, 6) is 0.452. The largest absolute Gasteiger partial charge is 0.507 e. The van der Waals surface area contributed by atoms with Gasteiger partial charge in [0.2, 0.25) is 0 Å². The molecule has 0 bridgehead atoms. The van der Waals surface area contributed by atoms with Crippen LogP contribution in [-0.2, 0) is 10.8 Å². The topological polar surface area (TPSA) is 20.2 Å². The first-order chi connectivity index (χ1) is 8.28. The fraction of sp³-hybridized carbons (Fsp3) is 0.667. The highest BCUT2D eigenvalue weighted by molar-refractivity contribution is 5.49. The number of benzene rings is 1. The zero-order valence-corrected chi connectivity index (χ0v) is 14.1. The summed E-state index contributed by atoms with van der Waals surface area (Å²) in [6, 6.07) is 4.30. The maximum absolute atomic E-state index is 10.5. The van der Waals surface area contributed by atoms with E-state index in [0.29, 0.717) is 5.75 Å². The van der Waals surface area contributed by atoms with Crippen LogP contribution < -0.4 is 0 Å². The van der Waals surface area contributed by atoms with Crippen molar-refractivity contribution in [2.24, 2.45) is 5.41 Å². The molecule has 0 unspecified atom stereocenters. The van der Waals surface area contributed by atoms with E-state index in [9.17, 15) is 5.11 Å². The molecule has 0 saturated heterocycles. The van der Waals surface area contributed by atoms with Gasteiger partial charge in [-0.25, -0.2) is 0 Å². The van der Waals surface area contributed by atoms with Crippen molar-refractivity contribution in [2.75, 3.05) is 0 Å².